The number of nitrogen functional groups attached to an aromatic ring is 1. The summed E-state index contributed by atoms with van der Waals surface area (Å²) in [6.45, 7) is 4.01. The van der Waals surface area contributed by atoms with Crippen LogP contribution in [-0.2, 0) is 4.79 Å². The van der Waals surface area contributed by atoms with Crippen LogP contribution in [0.4, 0.5) is 11.6 Å². The van der Waals surface area contributed by atoms with Gasteiger partial charge in [0.05, 0.1) is 6.54 Å². The van der Waals surface area contributed by atoms with E-state index in [1.54, 1.807) is 11.0 Å². The topological polar surface area (TPSA) is 98.1 Å². The number of benzene rings is 1. The Bertz CT molecular complexity index is 627. The summed E-state index contributed by atoms with van der Waals surface area (Å²) in [5, 5.41) is 0. The summed E-state index contributed by atoms with van der Waals surface area (Å²) >= 11 is 0. The Morgan fingerprint density at radius 2 is 1.90 bits per heavy atom. The molecule has 4 N–H and O–H groups in total. The molecule has 6 nitrogen and oxygen atoms in total. The van der Waals surface area contributed by atoms with Gasteiger partial charge < -0.3 is 16.4 Å². The quantitative estimate of drug-likeness (QED) is 0.865. The number of aromatic nitrogens is 2. The molecule has 0 aliphatic rings. The molecule has 0 bridgehead atoms. The number of carbonyl (C=O) groups is 1. The maximum Gasteiger partial charge on any atom is 0.237 e. The zero-order valence-corrected chi connectivity index (χ0v) is 12.2. The Kier molecular flexibility index (Phi) is 4.37. The first kappa shape index (κ1) is 14.8. The normalized spacial score (nSPS) is 10.6. The van der Waals surface area contributed by atoms with Crippen LogP contribution in [0.1, 0.15) is 13.8 Å². The van der Waals surface area contributed by atoms with Crippen LogP contribution >= 0.6 is 0 Å². The van der Waals surface area contributed by atoms with Crippen molar-refractivity contribution in [3.63, 3.8) is 0 Å². The number of nitrogens with two attached hydrogens (primary N) is 2. The van der Waals surface area contributed by atoms with Gasteiger partial charge in [-0.2, -0.15) is 0 Å². The van der Waals surface area contributed by atoms with Gasteiger partial charge in [0.1, 0.15) is 11.6 Å². The van der Waals surface area contributed by atoms with Crippen LogP contribution in [0.25, 0.3) is 11.4 Å². The average molecular weight is 285 g/mol. The number of nitrogens with zero attached hydrogens (tertiary/aromatic N) is 3. The van der Waals surface area contributed by atoms with Crippen molar-refractivity contribution in [3.05, 3.63) is 36.4 Å². The molecule has 1 aromatic heterocycles. The van der Waals surface area contributed by atoms with E-state index < -0.39 is 5.91 Å². The van der Waals surface area contributed by atoms with Gasteiger partial charge in [0.2, 0.25) is 5.91 Å². The van der Waals surface area contributed by atoms with Gasteiger partial charge in [0.15, 0.2) is 5.82 Å². The molecule has 0 spiro atoms. The first-order chi connectivity index (χ1) is 9.97. The van der Waals surface area contributed by atoms with Crippen molar-refractivity contribution in [2.45, 2.75) is 19.9 Å². The highest BCUT2D eigenvalue weighted by atomic mass is 16.1. The lowest BCUT2D eigenvalue weighted by Crippen LogP contribution is -2.39. The van der Waals surface area contributed by atoms with E-state index in [0.29, 0.717) is 17.5 Å². The lowest BCUT2D eigenvalue weighted by atomic mass is 10.2. The van der Waals surface area contributed by atoms with Gasteiger partial charge >= 0.3 is 0 Å². The standard InChI is InChI=1S/C15H19N5O/c1-10(2)20(9-13(17)21)14-8-12(16)18-15(19-14)11-6-4-3-5-7-11/h3-8,10H,9H2,1-2H3,(H2,17,21)(H2,16,18,19). The van der Waals surface area contributed by atoms with Crippen LogP contribution in [0, 0.1) is 0 Å². The second-order valence-corrected chi connectivity index (χ2v) is 5.03. The average Bonchev–Trinajstić information content (AvgIpc) is 2.44. The van der Waals surface area contributed by atoms with Crippen LogP contribution in [0.15, 0.2) is 36.4 Å². The lowest BCUT2D eigenvalue weighted by Gasteiger charge is -2.26. The monoisotopic (exact) mass is 285 g/mol. The van der Waals surface area contributed by atoms with Crippen molar-refractivity contribution in [2.24, 2.45) is 5.73 Å². The molecule has 21 heavy (non-hydrogen) atoms. The molecule has 0 fully saturated rings. The summed E-state index contributed by atoms with van der Waals surface area (Å²) in [4.78, 5) is 21.8. The summed E-state index contributed by atoms with van der Waals surface area (Å²) in [5.74, 6) is 1.06. The predicted molar refractivity (Wildman–Crippen MR) is 83.6 cm³/mol. The fourth-order valence-electron chi connectivity index (χ4n) is 2.01. The molecule has 110 valence electrons. The van der Waals surface area contributed by atoms with E-state index in [2.05, 4.69) is 9.97 Å². The van der Waals surface area contributed by atoms with Crippen molar-refractivity contribution < 1.29 is 4.79 Å². The van der Waals surface area contributed by atoms with Crippen molar-refractivity contribution in [3.8, 4) is 11.4 Å². The van der Waals surface area contributed by atoms with Gasteiger partial charge in [-0.15, -0.1) is 0 Å². The highest BCUT2D eigenvalue weighted by molar-refractivity contribution is 5.79. The molecule has 0 unspecified atom stereocenters. The van der Waals surface area contributed by atoms with E-state index in [0.717, 1.165) is 5.56 Å². The second-order valence-electron chi connectivity index (χ2n) is 5.03. The van der Waals surface area contributed by atoms with Gasteiger partial charge in [0.25, 0.3) is 0 Å². The van der Waals surface area contributed by atoms with Crippen molar-refractivity contribution in [1.29, 1.82) is 0 Å². The number of hydrogen-bond donors (Lipinski definition) is 2. The molecular formula is C15H19N5O. The number of amides is 1. The van der Waals surface area contributed by atoms with Gasteiger partial charge in [-0.05, 0) is 13.8 Å². The third-order valence-electron chi connectivity index (χ3n) is 3.01. The molecule has 0 radical (unpaired) electrons. The molecule has 2 rings (SSSR count). The van der Waals surface area contributed by atoms with Gasteiger partial charge in [-0.3, -0.25) is 4.79 Å². The number of primary amides is 1. The molecule has 0 saturated carbocycles. The highest BCUT2D eigenvalue weighted by Crippen LogP contribution is 2.22. The molecule has 1 aromatic carbocycles. The van der Waals surface area contributed by atoms with Gasteiger partial charge in [0, 0.05) is 17.7 Å². The van der Waals surface area contributed by atoms with E-state index in [4.69, 9.17) is 11.5 Å². The minimum atomic E-state index is -0.415. The molecular weight excluding hydrogens is 266 g/mol. The summed E-state index contributed by atoms with van der Waals surface area (Å²) in [6.07, 6.45) is 0. The van der Waals surface area contributed by atoms with E-state index in [1.807, 2.05) is 44.2 Å². The van der Waals surface area contributed by atoms with E-state index in [1.165, 1.54) is 0 Å². The highest BCUT2D eigenvalue weighted by Gasteiger charge is 2.16. The van der Waals surface area contributed by atoms with Gasteiger partial charge in [-0.1, -0.05) is 30.3 Å². The fourth-order valence-corrected chi connectivity index (χ4v) is 2.01. The number of carbonyl (C=O) groups excluding carboxylic acids is 1. The maximum atomic E-state index is 11.2. The van der Waals surface area contributed by atoms with Crippen LogP contribution in [0.2, 0.25) is 0 Å². The van der Waals surface area contributed by atoms with E-state index in [9.17, 15) is 4.79 Å². The summed E-state index contributed by atoms with van der Waals surface area (Å²) in [5.41, 5.74) is 12.0. The molecule has 6 heteroatoms. The first-order valence-electron chi connectivity index (χ1n) is 6.72. The molecule has 0 aliphatic carbocycles. The molecule has 1 amide bonds. The maximum absolute atomic E-state index is 11.2. The third kappa shape index (κ3) is 3.68. The van der Waals surface area contributed by atoms with Crippen LogP contribution in [0.3, 0.4) is 0 Å². The predicted octanol–water partition coefficient (Wildman–Crippen LogP) is 1.43. The third-order valence-corrected chi connectivity index (χ3v) is 3.01. The first-order valence-corrected chi connectivity index (χ1v) is 6.72. The Balaban J connectivity index is 2.44. The zero-order chi connectivity index (χ0) is 15.4. The van der Waals surface area contributed by atoms with E-state index in [-0.39, 0.29) is 12.6 Å². The summed E-state index contributed by atoms with van der Waals surface area (Å²) < 4.78 is 0. The second kappa shape index (κ2) is 6.21. The number of anilines is 2. The number of hydrogen-bond acceptors (Lipinski definition) is 5. The number of rotatable bonds is 5. The van der Waals surface area contributed by atoms with Crippen LogP contribution in [0.5, 0.6) is 0 Å². The van der Waals surface area contributed by atoms with Crippen LogP contribution in [-0.4, -0.2) is 28.5 Å². The Morgan fingerprint density at radius 1 is 1.24 bits per heavy atom. The smallest absolute Gasteiger partial charge is 0.237 e. The Morgan fingerprint density at radius 3 is 2.48 bits per heavy atom. The molecule has 1 heterocycles. The Labute approximate surface area is 123 Å². The minimum Gasteiger partial charge on any atom is -0.384 e. The summed E-state index contributed by atoms with van der Waals surface area (Å²) in [6, 6.07) is 11.3. The molecule has 0 saturated heterocycles. The molecule has 0 aliphatic heterocycles. The SMILES string of the molecule is CC(C)N(CC(N)=O)c1cc(N)nc(-c2ccccc2)n1. The minimum absolute atomic E-state index is 0.0652. The van der Waals surface area contributed by atoms with Crippen LogP contribution < -0.4 is 16.4 Å². The fraction of sp³-hybridized carbons (Fsp3) is 0.267. The zero-order valence-electron chi connectivity index (χ0n) is 12.2. The molecule has 0 atom stereocenters. The van der Waals surface area contributed by atoms with Crippen molar-refractivity contribution >= 4 is 17.5 Å². The van der Waals surface area contributed by atoms with E-state index >= 15 is 0 Å². The van der Waals surface area contributed by atoms with Crippen molar-refractivity contribution in [1.82, 2.24) is 9.97 Å². The largest absolute Gasteiger partial charge is 0.384 e. The molecule has 2 aromatic rings. The summed E-state index contributed by atoms with van der Waals surface area (Å²) in [7, 11) is 0. The van der Waals surface area contributed by atoms with Gasteiger partial charge in [-0.25, -0.2) is 9.97 Å². The Hall–Kier alpha value is -2.63. The lowest BCUT2D eigenvalue weighted by molar-refractivity contribution is -0.116. The van der Waals surface area contributed by atoms with Crippen molar-refractivity contribution in [2.75, 3.05) is 17.2 Å².